The number of pyridine rings is 1. The molecule has 0 atom stereocenters. The Morgan fingerprint density at radius 1 is 1.11 bits per heavy atom. The number of nitrogens with zero attached hydrogens (tertiary/aromatic N) is 2. The molecular weight excluding hydrogens is 390 g/mol. The highest BCUT2D eigenvalue weighted by molar-refractivity contribution is 7.98. The quantitative estimate of drug-likeness (QED) is 0.522. The Kier molecular flexibility index (Phi) is 4.06. The number of fused-ring (bicyclic) bond motifs is 2. The zero-order valence-electron chi connectivity index (χ0n) is 13.6. The number of methoxy groups -OCH3 is 1. The monoisotopic (exact) mass is 401 g/mol. The highest BCUT2D eigenvalue weighted by Gasteiger charge is 2.66. The second-order valence-corrected chi connectivity index (χ2v) is 6.54. The number of halogens is 4. The van der Waals surface area contributed by atoms with Crippen molar-refractivity contribution in [3.8, 4) is 17.2 Å². The minimum Gasteiger partial charge on any atom is -0.497 e. The summed E-state index contributed by atoms with van der Waals surface area (Å²) < 4.78 is 66.5. The lowest BCUT2D eigenvalue weighted by atomic mass is 10.2. The van der Waals surface area contributed by atoms with Crippen molar-refractivity contribution in [2.24, 2.45) is 0 Å². The number of ether oxygens (including phenoxy) is 3. The van der Waals surface area contributed by atoms with Crippen molar-refractivity contribution in [2.45, 2.75) is 23.1 Å². The highest BCUT2D eigenvalue weighted by atomic mass is 32.2. The Labute approximate surface area is 153 Å². The summed E-state index contributed by atoms with van der Waals surface area (Å²) in [5.74, 6) is 0.123. The normalized spacial score (nSPS) is 17.1. The van der Waals surface area contributed by atoms with Gasteiger partial charge in [-0.05, 0) is 6.07 Å². The second-order valence-electron chi connectivity index (χ2n) is 5.57. The van der Waals surface area contributed by atoms with Crippen LogP contribution in [0.5, 0.6) is 17.2 Å². The SMILES string of the molecule is COc1ccnc(CSc2nc3cc4c(cc3[nH]2)OC(F)(F)C(F)(F)O4)c1. The summed E-state index contributed by atoms with van der Waals surface area (Å²) in [7, 11) is 1.55. The van der Waals surface area contributed by atoms with Crippen molar-refractivity contribution in [2.75, 3.05) is 7.11 Å². The Balaban J connectivity index is 1.58. The van der Waals surface area contributed by atoms with Crippen LogP contribution in [0.4, 0.5) is 17.6 Å². The van der Waals surface area contributed by atoms with Crippen LogP contribution in [0.15, 0.2) is 35.6 Å². The van der Waals surface area contributed by atoms with Crippen LogP contribution in [0.25, 0.3) is 11.0 Å². The fraction of sp³-hybridized carbons (Fsp3) is 0.250. The number of nitrogens with one attached hydrogen (secondary N) is 1. The number of aromatic nitrogens is 3. The number of rotatable bonds is 4. The first kappa shape index (κ1) is 17.7. The third-order valence-electron chi connectivity index (χ3n) is 3.72. The standard InChI is InChI=1S/C16H11F4N3O3S/c1-24-9-2-3-21-8(4-9)7-27-14-22-10-5-12-13(6-11(10)23-14)26-16(19,20)15(17,18)25-12/h2-6H,7H2,1H3,(H,22,23). The van der Waals surface area contributed by atoms with Gasteiger partial charge in [-0.1, -0.05) is 11.8 Å². The molecule has 1 aliphatic rings. The van der Waals surface area contributed by atoms with Crippen LogP contribution in [0.2, 0.25) is 0 Å². The van der Waals surface area contributed by atoms with E-state index >= 15 is 0 Å². The van der Waals surface area contributed by atoms with Gasteiger partial charge in [0.25, 0.3) is 0 Å². The molecule has 6 nitrogen and oxygen atoms in total. The van der Waals surface area contributed by atoms with E-state index in [0.717, 1.165) is 17.8 Å². The van der Waals surface area contributed by atoms with Crippen molar-refractivity contribution in [3.63, 3.8) is 0 Å². The number of H-pyrrole nitrogens is 1. The number of benzene rings is 1. The molecule has 1 aromatic carbocycles. The maximum Gasteiger partial charge on any atom is 0.507 e. The molecule has 11 heteroatoms. The van der Waals surface area contributed by atoms with E-state index in [0.29, 0.717) is 22.2 Å². The molecule has 0 radical (unpaired) electrons. The average molecular weight is 401 g/mol. The molecule has 0 saturated carbocycles. The maximum absolute atomic E-state index is 13.3. The van der Waals surface area contributed by atoms with Crippen LogP contribution < -0.4 is 14.2 Å². The molecule has 1 N–H and O–H groups in total. The Bertz CT molecular complexity index is 959. The summed E-state index contributed by atoms with van der Waals surface area (Å²) >= 11 is 1.30. The molecule has 142 valence electrons. The van der Waals surface area contributed by atoms with Crippen LogP contribution in [-0.2, 0) is 5.75 Å². The predicted octanol–water partition coefficient (Wildman–Crippen LogP) is 4.22. The lowest BCUT2D eigenvalue weighted by Crippen LogP contribution is -2.52. The smallest absolute Gasteiger partial charge is 0.497 e. The first-order chi connectivity index (χ1) is 12.8. The fourth-order valence-electron chi connectivity index (χ4n) is 2.42. The van der Waals surface area contributed by atoms with E-state index in [1.807, 2.05) is 0 Å². The largest absolute Gasteiger partial charge is 0.507 e. The maximum atomic E-state index is 13.3. The van der Waals surface area contributed by atoms with Crippen molar-refractivity contribution >= 4 is 22.8 Å². The molecule has 0 spiro atoms. The lowest BCUT2D eigenvalue weighted by Gasteiger charge is -2.31. The molecular formula is C16H11F4N3O3S. The van der Waals surface area contributed by atoms with E-state index in [2.05, 4.69) is 24.4 Å². The van der Waals surface area contributed by atoms with E-state index in [4.69, 9.17) is 4.74 Å². The van der Waals surface area contributed by atoms with Gasteiger partial charge in [0.05, 0.1) is 23.8 Å². The number of thioether (sulfide) groups is 1. The second kappa shape index (κ2) is 6.19. The van der Waals surface area contributed by atoms with E-state index in [-0.39, 0.29) is 5.52 Å². The summed E-state index contributed by atoms with van der Waals surface area (Å²) in [5, 5.41) is 0.454. The molecule has 0 unspecified atom stereocenters. The van der Waals surface area contributed by atoms with E-state index in [1.54, 1.807) is 25.4 Å². The molecule has 0 bridgehead atoms. The zero-order valence-corrected chi connectivity index (χ0v) is 14.4. The summed E-state index contributed by atoms with van der Waals surface area (Å²) in [6.07, 6.45) is -7.92. The molecule has 0 saturated heterocycles. The van der Waals surface area contributed by atoms with Crippen LogP contribution >= 0.6 is 11.8 Å². The van der Waals surface area contributed by atoms with Gasteiger partial charge in [0.15, 0.2) is 16.7 Å². The van der Waals surface area contributed by atoms with Crippen LogP contribution in [-0.4, -0.2) is 34.3 Å². The van der Waals surface area contributed by atoms with E-state index in [1.165, 1.54) is 11.8 Å². The first-order valence-corrected chi connectivity index (χ1v) is 8.55. The number of alkyl halides is 4. The first-order valence-electron chi connectivity index (χ1n) is 7.56. The van der Waals surface area contributed by atoms with Crippen LogP contribution in [0, 0.1) is 0 Å². The van der Waals surface area contributed by atoms with Gasteiger partial charge >= 0.3 is 12.2 Å². The molecule has 0 aliphatic carbocycles. The van der Waals surface area contributed by atoms with Crippen molar-refractivity contribution < 1.29 is 31.8 Å². The third-order valence-corrected chi connectivity index (χ3v) is 4.63. The minimum absolute atomic E-state index is 0.277. The summed E-state index contributed by atoms with van der Waals surface area (Å²) in [4.78, 5) is 11.4. The summed E-state index contributed by atoms with van der Waals surface area (Å²) in [6, 6.07) is 5.75. The fourth-order valence-corrected chi connectivity index (χ4v) is 3.21. The average Bonchev–Trinajstić information content (AvgIpc) is 3.00. The van der Waals surface area contributed by atoms with Crippen molar-refractivity contribution in [3.05, 3.63) is 36.2 Å². The Hall–Kier alpha value is -2.69. The predicted molar refractivity (Wildman–Crippen MR) is 87.6 cm³/mol. The van der Waals surface area contributed by atoms with Crippen LogP contribution in [0.1, 0.15) is 5.69 Å². The van der Waals surface area contributed by atoms with Gasteiger partial charge in [0, 0.05) is 30.1 Å². The number of hydrogen-bond donors (Lipinski definition) is 1. The van der Waals surface area contributed by atoms with Gasteiger partial charge < -0.3 is 19.2 Å². The van der Waals surface area contributed by atoms with Gasteiger partial charge in [0.2, 0.25) is 0 Å². The third kappa shape index (κ3) is 3.22. The van der Waals surface area contributed by atoms with Gasteiger partial charge in [-0.25, -0.2) is 4.98 Å². The molecule has 4 rings (SSSR count). The van der Waals surface area contributed by atoms with E-state index in [9.17, 15) is 17.6 Å². The van der Waals surface area contributed by atoms with E-state index < -0.39 is 23.7 Å². The highest BCUT2D eigenvalue weighted by Crippen LogP contribution is 2.48. The number of hydrogen-bond acceptors (Lipinski definition) is 6. The lowest BCUT2D eigenvalue weighted by molar-refractivity contribution is -0.391. The van der Waals surface area contributed by atoms with Crippen molar-refractivity contribution in [1.82, 2.24) is 15.0 Å². The molecule has 0 amide bonds. The Morgan fingerprint density at radius 3 is 2.52 bits per heavy atom. The van der Waals surface area contributed by atoms with Crippen molar-refractivity contribution in [1.29, 1.82) is 0 Å². The summed E-state index contributed by atoms with van der Waals surface area (Å²) in [6.45, 7) is 0. The Morgan fingerprint density at radius 2 is 1.81 bits per heavy atom. The minimum atomic E-state index is -4.76. The van der Waals surface area contributed by atoms with Gasteiger partial charge in [-0.15, -0.1) is 0 Å². The number of aromatic amines is 1. The van der Waals surface area contributed by atoms with Gasteiger partial charge in [-0.3, -0.25) is 4.98 Å². The molecule has 3 heterocycles. The zero-order chi connectivity index (χ0) is 19.2. The molecule has 1 aliphatic heterocycles. The van der Waals surface area contributed by atoms with Crippen LogP contribution in [0.3, 0.4) is 0 Å². The summed E-state index contributed by atoms with van der Waals surface area (Å²) in [5.41, 5.74) is 1.36. The molecule has 0 fully saturated rings. The topological polar surface area (TPSA) is 69.3 Å². The number of imidazole rings is 1. The van der Waals surface area contributed by atoms with Gasteiger partial charge in [0.1, 0.15) is 5.75 Å². The molecule has 2 aromatic heterocycles. The molecule has 27 heavy (non-hydrogen) atoms. The van der Waals surface area contributed by atoms with Gasteiger partial charge in [-0.2, -0.15) is 17.6 Å². The molecule has 3 aromatic rings.